The molecule has 7 nitrogen and oxygen atoms in total. The van der Waals surface area contributed by atoms with E-state index in [0.29, 0.717) is 17.2 Å². The molecule has 0 radical (unpaired) electrons. The SMILES string of the molecule is CC(=O)N1N=C(c2cc(-c3ccco3)on2)OC1C(C)[Se]c1ccccc1. The van der Waals surface area contributed by atoms with E-state index in [4.69, 9.17) is 13.7 Å². The maximum absolute atomic E-state index is 12.1. The molecule has 1 aliphatic heterocycles. The molecule has 1 aromatic carbocycles. The van der Waals surface area contributed by atoms with E-state index in [0.717, 1.165) is 0 Å². The summed E-state index contributed by atoms with van der Waals surface area (Å²) in [7, 11) is 0. The first-order chi connectivity index (χ1) is 13.1. The number of benzene rings is 1. The van der Waals surface area contributed by atoms with Gasteiger partial charge < -0.3 is 0 Å². The Kier molecular flexibility index (Phi) is 4.83. The molecule has 2 unspecified atom stereocenters. The van der Waals surface area contributed by atoms with Crippen LogP contribution in [0.2, 0.25) is 4.82 Å². The molecule has 0 aliphatic carbocycles. The van der Waals surface area contributed by atoms with Crippen LogP contribution < -0.4 is 4.46 Å². The molecule has 2 atom stereocenters. The number of carbonyl (C=O) groups excluding carboxylic acids is 1. The number of nitrogens with zero attached hydrogens (tertiary/aromatic N) is 3. The second-order valence-corrected chi connectivity index (χ2v) is 9.01. The number of rotatable bonds is 5. The van der Waals surface area contributed by atoms with Crippen molar-refractivity contribution in [2.24, 2.45) is 5.10 Å². The fraction of sp³-hybridized carbons (Fsp3) is 0.211. The van der Waals surface area contributed by atoms with Crippen LogP contribution in [-0.2, 0) is 9.53 Å². The Balaban J connectivity index is 1.54. The van der Waals surface area contributed by atoms with Crippen LogP contribution in [0.15, 0.2) is 68.8 Å². The van der Waals surface area contributed by atoms with Gasteiger partial charge in [-0.05, 0) is 0 Å². The number of hydrazone groups is 1. The Morgan fingerprint density at radius 3 is 2.70 bits per heavy atom. The van der Waals surface area contributed by atoms with Gasteiger partial charge in [-0.25, -0.2) is 0 Å². The molecule has 27 heavy (non-hydrogen) atoms. The minimum atomic E-state index is -0.471. The average molecular weight is 430 g/mol. The zero-order chi connectivity index (χ0) is 18.8. The summed E-state index contributed by atoms with van der Waals surface area (Å²) in [4.78, 5) is 12.2. The van der Waals surface area contributed by atoms with Crippen LogP contribution in [0.3, 0.4) is 0 Å². The average Bonchev–Trinajstić information content (AvgIpc) is 3.40. The van der Waals surface area contributed by atoms with Crippen LogP contribution in [0, 0.1) is 0 Å². The molecule has 0 saturated carbocycles. The molecule has 138 valence electrons. The first-order valence-electron chi connectivity index (χ1n) is 8.39. The second-order valence-electron chi connectivity index (χ2n) is 5.97. The molecule has 8 heteroatoms. The topological polar surface area (TPSA) is 81.1 Å². The van der Waals surface area contributed by atoms with E-state index in [1.54, 1.807) is 24.5 Å². The first-order valence-corrected chi connectivity index (χ1v) is 10.2. The van der Waals surface area contributed by atoms with Crippen molar-refractivity contribution in [1.29, 1.82) is 0 Å². The minimum absolute atomic E-state index is 0.0986. The van der Waals surface area contributed by atoms with Gasteiger partial charge in [0.15, 0.2) is 0 Å². The number of amides is 1. The Morgan fingerprint density at radius 2 is 2.00 bits per heavy atom. The third-order valence-corrected chi connectivity index (χ3v) is 6.37. The van der Waals surface area contributed by atoms with Crippen LogP contribution in [0.1, 0.15) is 19.5 Å². The number of carbonyl (C=O) groups is 1. The zero-order valence-electron chi connectivity index (χ0n) is 14.7. The molecule has 1 aliphatic rings. The predicted molar refractivity (Wildman–Crippen MR) is 99.4 cm³/mol. The molecule has 0 N–H and O–H groups in total. The van der Waals surface area contributed by atoms with Gasteiger partial charge in [0.1, 0.15) is 0 Å². The first kappa shape index (κ1) is 17.6. The van der Waals surface area contributed by atoms with Crippen molar-refractivity contribution >= 4 is 31.2 Å². The van der Waals surface area contributed by atoms with Gasteiger partial charge in [-0.1, -0.05) is 0 Å². The fourth-order valence-electron chi connectivity index (χ4n) is 2.68. The second kappa shape index (κ2) is 7.42. The summed E-state index contributed by atoms with van der Waals surface area (Å²) in [5.74, 6) is 1.13. The van der Waals surface area contributed by atoms with Crippen LogP contribution >= 0.6 is 0 Å². The molecule has 0 fully saturated rings. The van der Waals surface area contributed by atoms with E-state index in [2.05, 4.69) is 29.3 Å². The van der Waals surface area contributed by atoms with E-state index in [1.807, 2.05) is 18.2 Å². The van der Waals surface area contributed by atoms with Crippen molar-refractivity contribution in [3.05, 3.63) is 60.5 Å². The maximum atomic E-state index is 12.1. The summed E-state index contributed by atoms with van der Waals surface area (Å²) < 4.78 is 17.8. The molecule has 2 aromatic heterocycles. The van der Waals surface area contributed by atoms with Gasteiger partial charge in [-0.2, -0.15) is 0 Å². The van der Waals surface area contributed by atoms with E-state index in [1.165, 1.54) is 16.4 Å². The normalized spacial score (nSPS) is 17.5. The van der Waals surface area contributed by atoms with E-state index in [9.17, 15) is 4.79 Å². The molecular weight excluding hydrogens is 413 g/mol. The number of ether oxygens (including phenoxy) is 1. The summed E-state index contributed by atoms with van der Waals surface area (Å²) in [5.41, 5.74) is 0.426. The number of hydrogen-bond acceptors (Lipinski definition) is 6. The van der Waals surface area contributed by atoms with Gasteiger partial charge in [0.05, 0.1) is 0 Å². The number of aromatic nitrogens is 1. The van der Waals surface area contributed by atoms with Crippen molar-refractivity contribution < 1.29 is 18.5 Å². The van der Waals surface area contributed by atoms with E-state index < -0.39 is 6.23 Å². The van der Waals surface area contributed by atoms with E-state index >= 15 is 0 Å². The molecule has 0 bridgehead atoms. The van der Waals surface area contributed by atoms with Crippen LogP contribution in [0.25, 0.3) is 11.5 Å². The molecule has 3 aromatic rings. The van der Waals surface area contributed by atoms with Gasteiger partial charge in [0, 0.05) is 0 Å². The van der Waals surface area contributed by atoms with Crippen molar-refractivity contribution in [2.45, 2.75) is 24.9 Å². The van der Waals surface area contributed by atoms with Crippen LogP contribution in [0.5, 0.6) is 0 Å². The Hall–Kier alpha value is -2.83. The van der Waals surface area contributed by atoms with Crippen LogP contribution in [-0.4, -0.2) is 43.2 Å². The molecule has 3 heterocycles. The summed E-state index contributed by atoms with van der Waals surface area (Å²) in [5, 5.41) is 9.71. The van der Waals surface area contributed by atoms with Crippen molar-refractivity contribution in [1.82, 2.24) is 10.2 Å². The Morgan fingerprint density at radius 1 is 1.19 bits per heavy atom. The third-order valence-electron chi connectivity index (χ3n) is 3.95. The van der Waals surface area contributed by atoms with Gasteiger partial charge in [-0.3, -0.25) is 0 Å². The number of furan rings is 1. The summed E-state index contributed by atoms with van der Waals surface area (Å²) >= 11 is 0.119. The van der Waals surface area contributed by atoms with Crippen molar-refractivity contribution in [2.75, 3.05) is 0 Å². The van der Waals surface area contributed by atoms with Crippen molar-refractivity contribution in [3.63, 3.8) is 0 Å². The fourth-order valence-corrected chi connectivity index (χ4v) is 4.84. The van der Waals surface area contributed by atoms with Gasteiger partial charge in [-0.15, -0.1) is 0 Å². The van der Waals surface area contributed by atoms with Gasteiger partial charge in [0.2, 0.25) is 0 Å². The monoisotopic (exact) mass is 431 g/mol. The standard InChI is InChI=1S/C19H17N3O4Se/c1-12(27-14-7-4-3-5-8-14)19-22(13(2)23)20-18(25-19)15-11-17(26-21-15)16-9-6-10-24-16/h3-12,19H,1-2H3. The molecule has 0 spiro atoms. The summed E-state index contributed by atoms with van der Waals surface area (Å²) in [6.07, 6.45) is 1.09. The van der Waals surface area contributed by atoms with Crippen LogP contribution in [0.4, 0.5) is 0 Å². The molecule has 4 rings (SSSR count). The summed E-state index contributed by atoms with van der Waals surface area (Å²) in [6.45, 7) is 3.53. The van der Waals surface area contributed by atoms with Gasteiger partial charge >= 0.3 is 162 Å². The summed E-state index contributed by atoms with van der Waals surface area (Å²) in [6, 6.07) is 15.4. The molecule has 0 saturated heterocycles. The van der Waals surface area contributed by atoms with E-state index in [-0.39, 0.29) is 31.6 Å². The van der Waals surface area contributed by atoms with Gasteiger partial charge in [0.25, 0.3) is 0 Å². The zero-order valence-corrected chi connectivity index (χ0v) is 16.4. The molecule has 1 amide bonds. The molecular formula is C19H17N3O4Se. The number of hydrogen-bond donors (Lipinski definition) is 0. The predicted octanol–water partition coefficient (Wildman–Crippen LogP) is 2.64. The van der Waals surface area contributed by atoms with Crippen molar-refractivity contribution in [3.8, 4) is 11.5 Å². The Labute approximate surface area is 162 Å². The quantitative estimate of drug-likeness (QED) is 0.582. The third kappa shape index (κ3) is 3.67. The Bertz CT molecular complexity index is 953.